The molecule has 2 rings (SSSR count). The Morgan fingerprint density at radius 2 is 1.83 bits per heavy atom. The van der Waals surface area contributed by atoms with Crippen LogP contribution in [-0.2, 0) is 11.2 Å². The number of carbonyl (C=O) groups is 1. The zero-order valence-corrected chi connectivity index (χ0v) is 19.7. The molecular weight excluding hydrogens is 469 g/mol. The molecule has 30 heavy (non-hydrogen) atoms. The molecule has 10 heteroatoms. The van der Waals surface area contributed by atoms with Gasteiger partial charge in [0.05, 0.1) is 20.6 Å². The number of anilines is 1. The van der Waals surface area contributed by atoms with Gasteiger partial charge in [0.15, 0.2) is 5.11 Å². The van der Waals surface area contributed by atoms with Crippen LogP contribution in [0.5, 0.6) is 11.5 Å². The minimum absolute atomic E-state index is 0.00413. The summed E-state index contributed by atoms with van der Waals surface area (Å²) < 4.78 is 8.63. The van der Waals surface area contributed by atoms with Gasteiger partial charge in [0.25, 0.3) is 0 Å². The number of halogens is 3. The zero-order valence-electron chi connectivity index (χ0n) is 16.6. The molecule has 0 fully saturated rings. The van der Waals surface area contributed by atoms with Gasteiger partial charge in [-0.25, -0.2) is 0 Å². The van der Waals surface area contributed by atoms with Crippen molar-refractivity contribution in [1.82, 2.24) is 10.6 Å². The molecule has 1 unspecified atom stereocenters. The van der Waals surface area contributed by atoms with Crippen molar-refractivity contribution in [2.45, 2.75) is 23.3 Å². The molecule has 2 aromatic rings. The number of nitrogens with one attached hydrogen (secondary N) is 3. The molecule has 0 aliphatic rings. The number of carbonyl (C=O) groups excluding carboxylic acids is 1. The van der Waals surface area contributed by atoms with Crippen molar-refractivity contribution in [3.05, 3.63) is 53.6 Å². The third kappa shape index (κ3) is 7.40. The van der Waals surface area contributed by atoms with E-state index in [9.17, 15) is 4.79 Å². The summed E-state index contributed by atoms with van der Waals surface area (Å²) in [6.07, 6.45) is -1.06. The van der Waals surface area contributed by atoms with E-state index in [0.717, 1.165) is 11.3 Å². The van der Waals surface area contributed by atoms with Gasteiger partial charge in [0, 0.05) is 17.3 Å². The van der Waals surface area contributed by atoms with Crippen LogP contribution < -0.4 is 25.4 Å². The van der Waals surface area contributed by atoms with E-state index in [-0.39, 0.29) is 17.4 Å². The van der Waals surface area contributed by atoms with Gasteiger partial charge in [0.2, 0.25) is 9.70 Å². The fourth-order valence-electron chi connectivity index (χ4n) is 2.60. The summed E-state index contributed by atoms with van der Waals surface area (Å²) in [6.45, 7) is 1.96. The third-order valence-corrected chi connectivity index (χ3v) is 4.90. The predicted octanol–water partition coefficient (Wildman–Crippen LogP) is 4.35. The molecule has 0 heterocycles. The third-order valence-electron chi connectivity index (χ3n) is 4.03. The average molecular weight is 491 g/mol. The van der Waals surface area contributed by atoms with Gasteiger partial charge in [-0.1, -0.05) is 53.0 Å². The van der Waals surface area contributed by atoms with Gasteiger partial charge in [0.1, 0.15) is 17.7 Å². The Morgan fingerprint density at radius 3 is 2.43 bits per heavy atom. The van der Waals surface area contributed by atoms with Crippen LogP contribution in [0.1, 0.15) is 11.1 Å². The molecule has 0 aromatic heterocycles. The highest BCUT2D eigenvalue weighted by Crippen LogP contribution is 2.30. The number of methoxy groups -OCH3 is 2. The Morgan fingerprint density at radius 1 is 1.10 bits per heavy atom. The van der Waals surface area contributed by atoms with Crippen molar-refractivity contribution < 1.29 is 14.3 Å². The molecule has 0 aliphatic heterocycles. The highest BCUT2D eigenvalue weighted by molar-refractivity contribution is 7.80. The van der Waals surface area contributed by atoms with E-state index in [1.807, 2.05) is 31.2 Å². The summed E-state index contributed by atoms with van der Waals surface area (Å²) in [4.78, 5) is 12.6. The Kier molecular flexibility index (Phi) is 8.85. The second-order valence-electron chi connectivity index (χ2n) is 6.36. The molecule has 0 saturated carbocycles. The first kappa shape index (κ1) is 24.3. The summed E-state index contributed by atoms with van der Waals surface area (Å²) in [5.74, 6) is 0.740. The van der Waals surface area contributed by atoms with Crippen LogP contribution in [0.4, 0.5) is 5.69 Å². The van der Waals surface area contributed by atoms with Crippen LogP contribution in [0, 0.1) is 6.92 Å². The molecule has 162 valence electrons. The van der Waals surface area contributed by atoms with E-state index in [2.05, 4.69) is 16.0 Å². The first-order chi connectivity index (χ1) is 14.1. The first-order valence-corrected chi connectivity index (χ1v) is 10.4. The SMILES string of the molecule is COc1ccc(CC(=O)NC(NC(=S)Nc2cccc(C)c2)C(Cl)(Cl)Cl)c(OC)c1. The van der Waals surface area contributed by atoms with Crippen molar-refractivity contribution in [3.63, 3.8) is 0 Å². The van der Waals surface area contributed by atoms with Crippen molar-refractivity contribution in [2.75, 3.05) is 19.5 Å². The topological polar surface area (TPSA) is 71.6 Å². The highest BCUT2D eigenvalue weighted by Gasteiger charge is 2.34. The molecule has 6 nitrogen and oxygen atoms in total. The Hall–Kier alpha value is -1.93. The lowest BCUT2D eigenvalue weighted by molar-refractivity contribution is -0.121. The fraction of sp³-hybridized carbons (Fsp3) is 0.300. The normalized spacial score (nSPS) is 11.9. The van der Waals surface area contributed by atoms with E-state index in [0.29, 0.717) is 17.1 Å². The largest absolute Gasteiger partial charge is 0.497 e. The molecule has 0 radical (unpaired) electrons. The van der Waals surface area contributed by atoms with Crippen molar-refractivity contribution in [3.8, 4) is 11.5 Å². The Labute approximate surface area is 196 Å². The number of hydrogen-bond acceptors (Lipinski definition) is 4. The highest BCUT2D eigenvalue weighted by atomic mass is 35.6. The molecule has 0 bridgehead atoms. The van der Waals surface area contributed by atoms with Crippen LogP contribution in [0.2, 0.25) is 0 Å². The molecule has 3 N–H and O–H groups in total. The molecule has 2 aromatic carbocycles. The molecule has 0 spiro atoms. The summed E-state index contributed by atoms with van der Waals surface area (Å²) in [5, 5.41) is 8.68. The van der Waals surface area contributed by atoms with Crippen LogP contribution >= 0.6 is 47.0 Å². The minimum Gasteiger partial charge on any atom is -0.497 e. The summed E-state index contributed by atoms with van der Waals surface area (Å²) in [6, 6.07) is 12.8. The van der Waals surface area contributed by atoms with Crippen LogP contribution in [0.25, 0.3) is 0 Å². The Balaban J connectivity index is 2.05. The van der Waals surface area contributed by atoms with Crippen LogP contribution in [0.3, 0.4) is 0 Å². The number of aryl methyl sites for hydroxylation is 1. The predicted molar refractivity (Wildman–Crippen MR) is 126 cm³/mol. The van der Waals surface area contributed by atoms with Crippen molar-refractivity contribution in [1.29, 1.82) is 0 Å². The second kappa shape index (κ2) is 10.9. The maximum Gasteiger partial charge on any atom is 0.228 e. The quantitative estimate of drug-likeness (QED) is 0.304. The lowest BCUT2D eigenvalue weighted by atomic mass is 10.1. The summed E-state index contributed by atoms with van der Waals surface area (Å²) in [7, 11) is 3.06. The number of hydrogen-bond donors (Lipinski definition) is 3. The molecule has 1 amide bonds. The second-order valence-corrected chi connectivity index (χ2v) is 9.14. The standard InChI is InChI=1S/C20H22Cl3N3O3S/c1-12-5-4-6-14(9-12)24-19(30)26-18(20(21,22)23)25-17(27)10-13-7-8-15(28-2)11-16(13)29-3/h4-9,11,18H,10H2,1-3H3,(H,25,27)(H2,24,26,30). The molecule has 0 aliphatic carbocycles. The number of ether oxygens (including phenoxy) is 2. The van der Waals surface area contributed by atoms with E-state index >= 15 is 0 Å². The molecule has 0 saturated heterocycles. The smallest absolute Gasteiger partial charge is 0.228 e. The average Bonchev–Trinajstić information content (AvgIpc) is 2.67. The van der Waals surface area contributed by atoms with E-state index in [1.165, 1.54) is 7.11 Å². The van der Waals surface area contributed by atoms with Gasteiger partial charge in [-0.15, -0.1) is 0 Å². The number of benzene rings is 2. The van der Waals surface area contributed by atoms with Gasteiger partial charge < -0.3 is 25.4 Å². The molecule has 1 atom stereocenters. The number of thiocarbonyl (C=S) groups is 1. The number of amides is 1. The maximum atomic E-state index is 12.6. The summed E-state index contributed by atoms with van der Waals surface area (Å²) >= 11 is 23.4. The lowest BCUT2D eigenvalue weighted by Crippen LogP contribution is -2.56. The van der Waals surface area contributed by atoms with Gasteiger partial charge in [-0.05, 0) is 42.9 Å². The number of rotatable bonds is 7. The van der Waals surface area contributed by atoms with Gasteiger partial charge in [-0.2, -0.15) is 0 Å². The summed E-state index contributed by atoms with van der Waals surface area (Å²) in [5.41, 5.74) is 2.48. The van der Waals surface area contributed by atoms with Gasteiger partial charge in [-0.3, -0.25) is 4.79 Å². The minimum atomic E-state index is -1.85. The monoisotopic (exact) mass is 489 g/mol. The number of alkyl halides is 3. The van der Waals surface area contributed by atoms with E-state index < -0.39 is 9.96 Å². The zero-order chi connectivity index (χ0) is 22.3. The van der Waals surface area contributed by atoms with E-state index in [4.69, 9.17) is 56.5 Å². The maximum absolute atomic E-state index is 12.6. The van der Waals surface area contributed by atoms with Crippen LogP contribution in [-0.4, -0.2) is 35.2 Å². The van der Waals surface area contributed by atoms with Crippen LogP contribution in [0.15, 0.2) is 42.5 Å². The lowest BCUT2D eigenvalue weighted by Gasteiger charge is -2.28. The van der Waals surface area contributed by atoms with Gasteiger partial charge >= 0.3 is 0 Å². The Bertz CT molecular complexity index is 906. The van der Waals surface area contributed by atoms with E-state index in [1.54, 1.807) is 25.3 Å². The van der Waals surface area contributed by atoms with Crippen molar-refractivity contribution in [2.24, 2.45) is 0 Å². The fourth-order valence-corrected chi connectivity index (χ4v) is 3.17. The van der Waals surface area contributed by atoms with Crippen molar-refractivity contribution >= 4 is 63.7 Å². The first-order valence-electron chi connectivity index (χ1n) is 8.83. The molecular formula is C20H22Cl3N3O3S.